The Kier molecular flexibility index (Phi) is 31.1. The summed E-state index contributed by atoms with van der Waals surface area (Å²) in [4.78, 5) is 125. The number of hydrogen-bond donors (Lipinski definition) is 11. The van der Waals surface area contributed by atoms with Crippen LogP contribution in [0.5, 0.6) is 28.7 Å². The molecule has 5 rings (SSSR count). The van der Waals surface area contributed by atoms with Crippen molar-refractivity contribution in [1.82, 2.24) is 21.3 Å². The first-order valence-corrected chi connectivity index (χ1v) is 31.3. The van der Waals surface area contributed by atoms with E-state index in [0.29, 0.717) is 105 Å². The van der Waals surface area contributed by atoms with Gasteiger partial charge in [0.2, 0.25) is 0 Å². The highest BCUT2D eigenvalue weighted by Crippen LogP contribution is 2.27. The molecule has 4 amide bonds. The van der Waals surface area contributed by atoms with Crippen molar-refractivity contribution < 1.29 is 72.3 Å². The minimum atomic E-state index is -1.36. The molecule has 93 heavy (non-hydrogen) atoms. The molecule has 0 aliphatic heterocycles. The fourth-order valence-corrected chi connectivity index (χ4v) is 10.6. The van der Waals surface area contributed by atoms with Crippen molar-refractivity contribution in [3.63, 3.8) is 0 Å². The zero-order chi connectivity index (χ0) is 68.0. The Morgan fingerprint density at radius 3 is 0.925 bits per heavy atom. The number of nitrogens with two attached hydrogens (primary N) is 5. The molecule has 0 radical (unpaired) electrons. The molecule has 0 heterocycles. The summed E-state index contributed by atoms with van der Waals surface area (Å²) in [5.74, 6) is -4.81. The summed E-state index contributed by atoms with van der Waals surface area (Å²) in [6.45, 7) is 1.49. The summed E-state index contributed by atoms with van der Waals surface area (Å²) in [6.07, 6.45) is 4.79. The van der Waals surface area contributed by atoms with Crippen LogP contribution in [0.4, 0.5) is 0 Å². The van der Waals surface area contributed by atoms with Crippen molar-refractivity contribution in [3.05, 3.63) is 147 Å². The molecule has 16 N–H and O–H groups in total. The van der Waals surface area contributed by atoms with E-state index in [1.807, 2.05) is 0 Å². The van der Waals surface area contributed by atoms with E-state index in [-0.39, 0.29) is 114 Å². The zero-order valence-electron chi connectivity index (χ0n) is 53.6. The lowest BCUT2D eigenvalue weighted by Crippen LogP contribution is -2.42. The first-order chi connectivity index (χ1) is 44.7. The molecule has 502 valence electrons. The number of carbonyl (C=O) groups is 9. The van der Waals surface area contributed by atoms with E-state index in [2.05, 4.69) is 21.3 Å². The highest BCUT2D eigenvalue weighted by atomic mass is 16.5. The van der Waals surface area contributed by atoms with Gasteiger partial charge in [0, 0.05) is 32.1 Å². The van der Waals surface area contributed by atoms with Gasteiger partial charge in [-0.2, -0.15) is 0 Å². The van der Waals surface area contributed by atoms with E-state index in [9.17, 15) is 53.4 Å². The summed E-state index contributed by atoms with van der Waals surface area (Å²) in [5, 5.41) is 30.8. The van der Waals surface area contributed by atoms with Crippen LogP contribution in [0.1, 0.15) is 146 Å². The second kappa shape index (κ2) is 38.7. The number of carboxylic acid groups (broad SMARTS) is 1. The number of phenolic OH excluding ortho intramolecular Hbond substituents is 1. The maximum Gasteiger partial charge on any atom is 0.326 e. The second-order valence-corrected chi connectivity index (χ2v) is 22.8. The van der Waals surface area contributed by atoms with E-state index in [4.69, 9.17) is 47.6 Å². The lowest BCUT2D eigenvalue weighted by Gasteiger charge is -2.21. The van der Waals surface area contributed by atoms with Crippen LogP contribution >= 0.6 is 0 Å². The molecule has 0 unspecified atom stereocenters. The number of carboxylic acids is 1. The summed E-state index contributed by atoms with van der Waals surface area (Å²) in [6, 6.07) is 19.2. The number of carbonyl (C=O) groups excluding carboxylic acids is 8. The molecule has 0 saturated heterocycles. The Morgan fingerprint density at radius 2 is 0.645 bits per heavy atom. The minimum Gasteiger partial charge on any atom is -0.508 e. The number of ether oxygens (including phenoxy) is 4. The highest BCUT2D eigenvalue weighted by molar-refractivity contribution is 6.04. The van der Waals surface area contributed by atoms with Gasteiger partial charge >= 0.3 is 5.97 Å². The molecule has 0 aliphatic carbocycles. The van der Waals surface area contributed by atoms with E-state index in [1.54, 1.807) is 36.4 Å². The van der Waals surface area contributed by atoms with Crippen LogP contribution in [-0.4, -0.2) is 148 Å². The van der Waals surface area contributed by atoms with Crippen LogP contribution < -0.4 is 68.9 Å². The lowest BCUT2D eigenvalue weighted by molar-refractivity contribution is -0.139. The van der Waals surface area contributed by atoms with E-state index in [0.717, 1.165) is 6.42 Å². The summed E-state index contributed by atoms with van der Waals surface area (Å²) < 4.78 is 22.1. The van der Waals surface area contributed by atoms with E-state index >= 15 is 0 Å². The molecule has 0 bridgehead atoms. The fourth-order valence-electron chi connectivity index (χ4n) is 10.6. The third-order valence-electron chi connectivity index (χ3n) is 15.8. The highest BCUT2D eigenvalue weighted by Gasteiger charge is 2.30. The Labute approximate surface area is 542 Å². The summed E-state index contributed by atoms with van der Waals surface area (Å²) in [5.41, 5.74) is 31.6. The monoisotopic (exact) mass is 1290 g/mol. The number of unbranched alkanes of at least 4 members (excludes halogenated alkanes) is 4. The van der Waals surface area contributed by atoms with Crippen molar-refractivity contribution in [2.75, 3.05) is 54.6 Å². The molecule has 0 saturated carbocycles. The number of Topliss-reactive ketones (excluding diaryl/α,β-unsaturated/α-hetero) is 4. The topological polar surface area (TPSA) is 409 Å². The van der Waals surface area contributed by atoms with Crippen LogP contribution in [0, 0.1) is 0 Å². The normalized spacial score (nSPS) is 12.7. The third kappa shape index (κ3) is 23.2. The SMILES string of the molecule is COc1ccc(CC(=O)[C@H](CCCCN)NC(=O)c2cc(CC(=O)[C@H](CCCCN)NC(=O)c3cc(CC(=O)[C@H](CCCCN)NC(=O)c4cc(CC(=O)[C@@H](N)CCCCN)ccc4OC)ccc3OC)ccc2OC)cc1C(=O)N[C@@H](Cc1ccc(O)cc1)C(=O)O. The maximum absolute atomic E-state index is 14.4. The van der Waals surface area contributed by atoms with Crippen molar-refractivity contribution in [1.29, 1.82) is 0 Å². The molecule has 24 nitrogen and oxygen atoms in total. The number of aromatic hydroxyl groups is 1. The molecular weight excluding hydrogens is 1190 g/mol. The smallest absolute Gasteiger partial charge is 0.326 e. The largest absolute Gasteiger partial charge is 0.508 e. The van der Waals surface area contributed by atoms with Gasteiger partial charge < -0.3 is 79.1 Å². The van der Waals surface area contributed by atoms with Crippen LogP contribution in [0.15, 0.2) is 97.1 Å². The van der Waals surface area contributed by atoms with Crippen molar-refractivity contribution in [2.24, 2.45) is 28.7 Å². The lowest BCUT2D eigenvalue weighted by atomic mass is 9.95. The minimum absolute atomic E-state index is 0.00753. The number of aliphatic carboxylic acids is 1. The standard InChI is InChI=1S/C69H91N9O15/c1-90-61-25-19-43(38-57(80)52(74)13-5-9-29-70)33-48(61)65(84)75-53(14-6-10-30-71)58(81)39-44-20-26-62(91-2)49(34-44)66(85)76-54(15-7-11-31-72)59(82)40-45-21-27-63(92-3)50(35-45)67(86)77-55(16-8-12-32-73)60(83)41-46-22-28-64(93-4)51(36-46)68(87)78-56(69(88)89)37-42-17-23-47(79)24-18-42/h17-28,33-36,52-56,79H,5-16,29-32,37-41,70-74H2,1-4H3,(H,75,84)(H,76,85)(H,77,86)(H,78,87)(H,88,89)/t52-,53-,54-,55-,56-/m0/s1. The van der Waals surface area contributed by atoms with Gasteiger partial charge in [-0.3, -0.25) is 38.4 Å². The fraction of sp³-hybridized carbons (Fsp3) is 0.435. The quantitative estimate of drug-likeness (QED) is 0.0239. The molecule has 24 heteroatoms. The van der Waals surface area contributed by atoms with Crippen LogP contribution in [0.25, 0.3) is 0 Å². The maximum atomic E-state index is 14.4. The number of hydrogen-bond acceptors (Lipinski definition) is 19. The summed E-state index contributed by atoms with van der Waals surface area (Å²) in [7, 11) is 5.48. The van der Waals surface area contributed by atoms with Gasteiger partial charge in [-0.05, 0) is 185 Å². The van der Waals surface area contributed by atoms with E-state index in [1.165, 1.54) is 89.1 Å². The van der Waals surface area contributed by atoms with Crippen molar-refractivity contribution >= 4 is 52.7 Å². The van der Waals surface area contributed by atoms with Gasteiger partial charge in [0.15, 0.2) is 23.1 Å². The molecule has 0 aliphatic rings. The molecule has 5 atom stereocenters. The van der Waals surface area contributed by atoms with Crippen LogP contribution in [0.3, 0.4) is 0 Å². The number of phenols is 1. The number of amides is 4. The Morgan fingerprint density at radius 1 is 0.376 bits per heavy atom. The van der Waals surface area contributed by atoms with E-state index < -0.39 is 71.4 Å². The average Bonchev–Trinajstić information content (AvgIpc) is 0.930. The first-order valence-electron chi connectivity index (χ1n) is 31.3. The molecule has 5 aromatic rings. The number of ketones is 4. The Balaban J connectivity index is 1.33. The van der Waals surface area contributed by atoms with Gasteiger partial charge in [0.05, 0.1) is 74.9 Å². The zero-order valence-corrected chi connectivity index (χ0v) is 53.6. The van der Waals surface area contributed by atoms with Crippen LogP contribution in [-0.2, 0) is 56.1 Å². The molecule has 0 fully saturated rings. The number of rotatable bonds is 43. The molecule has 5 aromatic carbocycles. The molecule has 0 spiro atoms. The Bertz CT molecular complexity index is 3360. The second-order valence-electron chi connectivity index (χ2n) is 22.8. The Hall–Kier alpha value is -9.07. The summed E-state index contributed by atoms with van der Waals surface area (Å²) >= 11 is 0. The number of benzene rings is 5. The van der Waals surface area contributed by atoms with Gasteiger partial charge in [0.25, 0.3) is 23.6 Å². The van der Waals surface area contributed by atoms with Crippen molar-refractivity contribution in [2.45, 2.75) is 139 Å². The number of nitrogens with one attached hydrogen (secondary N) is 4. The predicted molar refractivity (Wildman–Crippen MR) is 351 cm³/mol. The molecule has 0 aromatic heterocycles. The molecular formula is C69H91N9O15. The van der Waals surface area contributed by atoms with Gasteiger partial charge in [0.1, 0.15) is 34.8 Å². The first kappa shape index (κ1) is 74.7. The third-order valence-corrected chi connectivity index (χ3v) is 15.8. The van der Waals surface area contributed by atoms with Gasteiger partial charge in [-0.1, -0.05) is 42.8 Å². The number of methoxy groups -OCH3 is 4. The van der Waals surface area contributed by atoms with Gasteiger partial charge in [-0.15, -0.1) is 0 Å². The average molecular weight is 1290 g/mol. The van der Waals surface area contributed by atoms with Gasteiger partial charge in [-0.25, -0.2) is 4.79 Å². The van der Waals surface area contributed by atoms with Crippen LogP contribution in [0.2, 0.25) is 0 Å². The van der Waals surface area contributed by atoms with Crippen molar-refractivity contribution in [3.8, 4) is 28.7 Å². The predicted octanol–water partition coefficient (Wildman–Crippen LogP) is 4.54.